The van der Waals surface area contributed by atoms with E-state index in [1.54, 1.807) is 34.9 Å². The van der Waals surface area contributed by atoms with Gasteiger partial charge in [-0.3, -0.25) is 34.3 Å². The van der Waals surface area contributed by atoms with Crippen LogP contribution in [0.5, 0.6) is 0 Å². The first-order valence-electron chi connectivity index (χ1n) is 19.3. The fourth-order valence-electron chi connectivity index (χ4n) is 7.13. The number of hydrogen-bond donors (Lipinski definition) is 5. The summed E-state index contributed by atoms with van der Waals surface area (Å²) in [6, 6.07) is 10.9. The molecule has 1 unspecified atom stereocenters. The highest BCUT2D eigenvalue weighted by Gasteiger charge is 2.40. The Bertz CT molecular complexity index is 1670. The molecule has 1 fully saturated rings. The van der Waals surface area contributed by atoms with E-state index in [1.165, 1.54) is 0 Å². The van der Waals surface area contributed by atoms with E-state index in [0.717, 1.165) is 66.6 Å². The zero-order chi connectivity index (χ0) is 38.9. The number of amides is 5. The van der Waals surface area contributed by atoms with Crippen LogP contribution in [0.15, 0.2) is 41.4 Å². The van der Waals surface area contributed by atoms with Crippen LogP contribution in [-0.2, 0) is 41.6 Å². The minimum Gasteiger partial charge on any atom is -0.379 e. The quantitative estimate of drug-likeness (QED) is 0.0871. The van der Waals surface area contributed by atoms with Gasteiger partial charge in [-0.05, 0) is 63.4 Å². The summed E-state index contributed by atoms with van der Waals surface area (Å²) in [5.74, 6) is 1.05. The maximum absolute atomic E-state index is 13.5. The van der Waals surface area contributed by atoms with Gasteiger partial charge in [0.1, 0.15) is 5.82 Å². The molecule has 1 aromatic heterocycles. The van der Waals surface area contributed by atoms with Gasteiger partial charge in [0.2, 0.25) is 24.1 Å². The molecular weight excluding hydrogens is 725 g/mol. The van der Waals surface area contributed by atoms with Gasteiger partial charge in [0.25, 0.3) is 5.91 Å². The van der Waals surface area contributed by atoms with E-state index in [1.807, 2.05) is 25.1 Å². The Labute approximate surface area is 326 Å². The van der Waals surface area contributed by atoms with Crippen molar-refractivity contribution in [2.24, 2.45) is 10.4 Å². The van der Waals surface area contributed by atoms with Crippen molar-refractivity contribution >= 4 is 58.5 Å². The van der Waals surface area contributed by atoms with Crippen molar-refractivity contribution in [3.8, 4) is 0 Å². The number of nitrogens with one attached hydrogen (secondary N) is 5. The highest BCUT2D eigenvalue weighted by molar-refractivity contribution is 8.14. The minimum atomic E-state index is -0.466. The Kier molecular flexibility index (Phi) is 16.4. The van der Waals surface area contributed by atoms with Crippen LogP contribution in [0.2, 0.25) is 0 Å². The number of nitrogens with zero attached hydrogens (tertiary/aromatic N) is 3. The molecule has 2 aliphatic heterocycles. The molecular formula is C39H54N8O7S. The molecule has 16 heteroatoms. The molecule has 298 valence electrons. The van der Waals surface area contributed by atoms with Crippen LogP contribution in [0.25, 0.3) is 0 Å². The van der Waals surface area contributed by atoms with Crippen LogP contribution in [0.4, 0.5) is 11.5 Å². The second-order valence-corrected chi connectivity index (χ2v) is 15.2. The Morgan fingerprint density at radius 1 is 1.00 bits per heavy atom. The lowest BCUT2D eigenvalue weighted by molar-refractivity contribution is -0.133. The molecule has 1 saturated carbocycles. The topological polar surface area (TPSA) is 192 Å². The molecule has 1 atom stereocenters. The number of anilines is 2. The fraction of sp³-hybridized carbons (Fsp3) is 0.564. The number of rotatable bonds is 22. The van der Waals surface area contributed by atoms with Crippen molar-refractivity contribution in [1.29, 1.82) is 0 Å². The van der Waals surface area contributed by atoms with Crippen molar-refractivity contribution in [2.75, 3.05) is 69.0 Å². The zero-order valence-electron chi connectivity index (χ0n) is 31.7. The van der Waals surface area contributed by atoms with Crippen LogP contribution in [0.1, 0.15) is 79.9 Å². The molecule has 3 aliphatic rings. The lowest BCUT2D eigenvalue weighted by Gasteiger charge is -2.35. The van der Waals surface area contributed by atoms with Crippen LogP contribution in [0, 0.1) is 5.41 Å². The van der Waals surface area contributed by atoms with Crippen LogP contribution in [-0.4, -0.2) is 109 Å². The van der Waals surface area contributed by atoms with E-state index in [0.29, 0.717) is 83.0 Å². The number of ether oxygens (including phenoxy) is 2. The first kappa shape index (κ1) is 41.8. The zero-order valence-corrected chi connectivity index (χ0v) is 32.5. The fourth-order valence-corrected chi connectivity index (χ4v) is 7.87. The average molecular weight is 779 g/mol. The smallest absolute Gasteiger partial charge is 0.254 e. The van der Waals surface area contributed by atoms with Crippen LogP contribution in [0.3, 0.4) is 0 Å². The largest absolute Gasteiger partial charge is 0.379 e. The van der Waals surface area contributed by atoms with Crippen molar-refractivity contribution in [1.82, 2.24) is 25.8 Å². The van der Waals surface area contributed by atoms with E-state index in [-0.39, 0.29) is 42.6 Å². The van der Waals surface area contributed by atoms with Crippen LogP contribution < -0.4 is 26.6 Å². The number of aliphatic imine (C=N–C) groups is 1. The summed E-state index contributed by atoms with van der Waals surface area (Å²) in [5, 5.41) is 15.5. The van der Waals surface area contributed by atoms with E-state index >= 15 is 0 Å². The second kappa shape index (κ2) is 21.6. The summed E-state index contributed by atoms with van der Waals surface area (Å²) in [5.41, 5.74) is 2.30. The Morgan fingerprint density at radius 2 is 1.80 bits per heavy atom. The molecule has 0 bridgehead atoms. The number of carbonyl (C=O) groups excluding carboxylic acids is 5. The number of fused-ring (bicyclic) bond motifs is 1. The van der Waals surface area contributed by atoms with E-state index in [9.17, 15) is 24.0 Å². The third-order valence-corrected chi connectivity index (χ3v) is 11.0. The Hall–Kier alpha value is -4.38. The first-order chi connectivity index (χ1) is 26.8. The number of amidine groups is 1. The molecule has 0 radical (unpaired) electrons. The molecule has 55 heavy (non-hydrogen) atoms. The third kappa shape index (κ3) is 12.6. The highest BCUT2D eigenvalue weighted by atomic mass is 32.2. The van der Waals surface area contributed by atoms with E-state index in [4.69, 9.17) is 14.5 Å². The van der Waals surface area contributed by atoms with E-state index in [2.05, 4.69) is 31.6 Å². The average Bonchev–Trinajstić information content (AvgIpc) is 3.82. The van der Waals surface area contributed by atoms with Gasteiger partial charge in [-0.25, -0.2) is 4.98 Å². The summed E-state index contributed by atoms with van der Waals surface area (Å²) < 4.78 is 11.4. The van der Waals surface area contributed by atoms with Gasteiger partial charge in [-0.2, -0.15) is 0 Å². The number of hydrogen-bond acceptors (Lipinski definition) is 12. The summed E-state index contributed by atoms with van der Waals surface area (Å²) in [4.78, 5) is 72.3. The van der Waals surface area contributed by atoms with Gasteiger partial charge in [0.15, 0.2) is 5.17 Å². The molecule has 0 spiro atoms. The monoisotopic (exact) mass is 778 g/mol. The lowest BCUT2D eigenvalue weighted by Crippen LogP contribution is -2.45. The number of imide groups is 1. The van der Waals surface area contributed by atoms with Gasteiger partial charge in [-0.1, -0.05) is 43.2 Å². The van der Waals surface area contributed by atoms with Gasteiger partial charge in [-0.15, -0.1) is 0 Å². The number of thioether (sulfide) groups is 1. The van der Waals surface area contributed by atoms with Gasteiger partial charge in [0.05, 0.1) is 38.3 Å². The van der Waals surface area contributed by atoms with Crippen LogP contribution >= 0.6 is 11.8 Å². The third-order valence-electron chi connectivity index (χ3n) is 10.1. The highest BCUT2D eigenvalue weighted by Crippen LogP contribution is 2.39. The second-order valence-electron chi connectivity index (χ2n) is 14.1. The summed E-state index contributed by atoms with van der Waals surface area (Å²) >= 11 is 1.69. The molecule has 15 nitrogen and oxygen atoms in total. The summed E-state index contributed by atoms with van der Waals surface area (Å²) in [7, 11) is 0. The predicted octanol–water partition coefficient (Wildman–Crippen LogP) is 3.25. The lowest BCUT2D eigenvalue weighted by atomic mass is 9.70. The van der Waals surface area contributed by atoms with Crippen molar-refractivity contribution < 1.29 is 33.4 Å². The van der Waals surface area contributed by atoms with Crippen molar-refractivity contribution in [3.63, 3.8) is 0 Å². The molecule has 5 amide bonds. The summed E-state index contributed by atoms with van der Waals surface area (Å²) in [6.07, 6.45) is 7.10. The van der Waals surface area contributed by atoms with Gasteiger partial charge in [0, 0.05) is 66.8 Å². The number of aromatic nitrogens is 1. The standard InChI is InChI=1S/C39H54N8O7S/c1-28(12-13-34(49)43-27-48)47-26-31-30(36(47)51)9-6-10-32(31)45-35(50)25-40-16-7-19-53-21-22-54-20-17-41-37(52)39(14-3-2-4-15-39)24-29-8-5-11-33(44-29)46-38-42-18-23-55-38/h5-6,8-11,27-28,40H,2-4,7,12-26H2,1H3,(H,41,52)(H,45,50)(H,42,44,46)(H,43,48,49). The summed E-state index contributed by atoms with van der Waals surface area (Å²) in [6.45, 7) is 5.88. The maximum Gasteiger partial charge on any atom is 0.254 e. The molecule has 3 heterocycles. The molecule has 5 rings (SSSR count). The maximum atomic E-state index is 13.5. The molecule has 1 aliphatic carbocycles. The van der Waals surface area contributed by atoms with E-state index < -0.39 is 5.41 Å². The van der Waals surface area contributed by atoms with Gasteiger partial charge < -0.3 is 35.6 Å². The Morgan fingerprint density at radius 3 is 2.58 bits per heavy atom. The molecule has 2 aromatic rings. The van der Waals surface area contributed by atoms with Crippen molar-refractivity contribution in [2.45, 2.75) is 77.3 Å². The first-order valence-corrected chi connectivity index (χ1v) is 20.3. The predicted molar refractivity (Wildman–Crippen MR) is 212 cm³/mol. The number of pyridine rings is 1. The number of benzene rings is 1. The molecule has 5 N–H and O–H groups in total. The molecule has 1 aromatic carbocycles. The Balaban J connectivity index is 0.913. The molecule has 0 saturated heterocycles. The van der Waals surface area contributed by atoms with Crippen molar-refractivity contribution in [3.05, 3.63) is 53.2 Å². The minimum absolute atomic E-state index is 0.0700. The number of carbonyl (C=O) groups is 5. The normalized spacial score (nSPS) is 16.6. The van der Waals surface area contributed by atoms with Gasteiger partial charge >= 0.3 is 0 Å². The SMILES string of the molecule is CC(CCC(=O)NC=O)N1Cc2c(NC(=O)CNCCCOCCOCCNC(=O)C3(Cc4cccc(NC5=NCCS5)n4)CCCCC3)cccc2C1=O.